The second-order valence-electron chi connectivity index (χ2n) is 7.01. The summed E-state index contributed by atoms with van der Waals surface area (Å²) in [5.41, 5.74) is 0.993. The minimum Gasteiger partial charge on any atom is -0.339 e. The monoisotopic (exact) mass is 370 g/mol. The van der Waals surface area contributed by atoms with Gasteiger partial charge in [-0.3, -0.25) is 14.4 Å². The van der Waals surface area contributed by atoms with E-state index in [2.05, 4.69) is 10.2 Å². The molecule has 3 atom stereocenters. The van der Waals surface area contributed by atoms with E-state index in [-0.39, 0.29) is 29.5 Å². The van der Waals surface area contributed by atoms with Gasteiger partial charge < -0.3 is 9.80 Å². The Morgan fingerprint density at radius 3 is 2.22 bits per heavy atom. The van der Waals surface area contributed by atoms with Gasteiger partial charge in [-0.05, 0) is 36.1 Å². The second-order valence-corrected chi connectivity index (χ2v) is 7.01. The molecular formula is C19H19FN4O3. The number of halogens is 1. The summed E-state index contributed by atoms with van der Waals surface area (Å²) in [6.07, 6.45) is 3.48. The first kappa shape index (κ1) is 17.5. The Bertz CT molecular complexity index is 812. The summed E-state index contributed by atoms with van der Waals surface area (Å²) in [7, 11) is 0. The van der Waals surface area contributed by atoms with E-state index in [1.807, 2.05) is 0 Å². The van der Waals surface area contributed by atoms with Crippen molar-refractivity contribution in [2.45, 2.75) is 18.4 Å². The summed E-state index contributed by atoms with van der Waals surface area (Å²) >= 11 is 0. The van der Waals surface area contributed by atoms with Crippen molar-refractivity contribution in [3.05, 3.63) is 47.8 Å². The lowest BCUT2D eigenvalue weighted by molar-refractivity contribution is -0.140. The first-order valence-corrected chi connectivity index (χ1v) is 8.99. The van der Waals surface area contributed by atoms with Crippen LogP contribution in [0.15, 0.2) is 46.6 Å². The molecule has 2 aliphatic heterocycles. The lowest BCUT2D eigenvalue weighted by atomic mass is 10.1. The zero-order valence-electron chi connectivity index (χ0n) is 14.6. The lowest BCUT2D eigenvalue weighted by Crippen LogP contribution is -2.53. The number of nitrogens with zero attached hydrogens (tertiary/aromatic N) is 4. The highest BCUT2D eigenvalue weighted by Crippen LogP contribution is 2.48. The Morgan fingerprint density at radius 2 is 1.63 bits per heavy atom. The molecule has 1 aromatic carbocycles. The number of benzene rings is 1. The first-order chi connectivity index (χ1) is 13.0. The Balaban J connectivity index is 1.29. The van der Waals surface area contributed by atoms with Gasteiger partial charge in [0.05, 0.1) is 0 Å². The average Bonchev–Trinajstić information content (AvgIpc) is 3.49. The van der Waals surface area contributed by atoms with Crippen LogP contribution in [0, 0.1) is 11.7 Å². The van der Waals surface area contributed by atoms with E-state index in [1.165, 1.54) is 24.3 Å². The highest BCUT2D eigenvalue weighted by atomic mass is 19.1. The molecule has 2 heterocycles. The quantitative estimate of drug-likeness (QED) is 0.809. The molecule has 3 unspecified atom stereocenters. The Labute approximate surface area is 155 Å². The highest BCUT2D eigenvalue weighted by molar-refractivity contribution is 5.92. The van der Waals surface area contributed by atoms with Crippen LogP contribution in [-0.4, -0.2) is 59.7 Å². The number of hydrogen-bond donors (Lipinski definition) is 0. The number of amides is 3. The summed E-state index contributed by atoms with van der Waals surface area (Å²) in [5, 5.41) is 7.13. The minimum atomic E-state index is -0.753. The van der Waals surface area contributed by atoms with Crippen molar-refractivity contribution in [1.29, 1.82) is 0 Å². The molecular weight excluding hydrogens is 351 g/mol. The number of azo groups is 1. The van der Waals surface area contributed by atoms with Gasteiger partial charge >= 0.3 is 0 Å². The third-order valence-corrected chi connectivity index (χ3v) is 5.26. The number of hydrogen-bond acceptors (Lipinski definition) is 4. The fourth-order valence-electron chi connectivity index (χ4n) is 3.61. The van der Waals surface area contributed by atoms with Crippen LogP contribution in [-0.2, 0) is 14.4 Å². The molecule has 27 heavy (non-hydrogen) atoms. The third kappa shape index (κ3) is 3.65. The van der Waals surface area contributed by atoms with Crippen LogP contribution in [0.4, 0.5) is 4.39 Å². The molecule has 0 bridgehead atoms. The molecule has 7 nitrogen and oxygen atoms in total. The predicted molar refractivity (Wildman–Crippen MR) is 93.2 cm³/mol. The smallest absolute Gasteiger partial charge is 0.287 e. The molecule has 2 fully saturated rings. The number of piperazine rings is 1. The molecule has 1 aliphatic carbocycles. The summed E-state index contributed by atoms with van der Waals surface area (Å²) in [4.78, 5) is 39.6. The van der Waals surface area contributed by atoms with Crippen molar-refractivity contribution in [3.8, 4) is 0 Å². The van der Waals surface area contributed by atoms with Crippen molar-refractivity contribution in [2.75, 3.05) is 26.2 Å². The van der Waals surface area contributed by atoms with Crippen molar-refractivity contribution >= 4 is 17.7 Å². The summed E-state index contributed by atoms with van der Waals surface area (Å²) < 4.78 is 13.0. The second kappa shape index (κ2) is 7.02. The standard InChI is InChI=1S/C19H19FN4O3/c20-13-3-1-12(2-4-13)14-11-15(14)18(26)23-7-9-24(10-8-23)19(27)16-5-6-17(25)22-21-16/h1-6,14-16H,7-11H2. The van der Waals surface area contributed by atoms with Gasteiger partial charge in [-0.2, -0.15) is 5.11 Å². The van der Waals surface area contributed by atoms with Gasteiger partial charge in [0.25, 0.3) is 11.8 Å². The predicted octanol–water partition coefficient (Wildman–Crippen LogP) is 1.52. The van der Waals surface area contributed by atoms with Crippen molar-refractivity contribution in [3.63, 3.8) is 0 Å². The van der Waals surface area contributed by atoms with Gasteiger partial charge in [0, 0.05) is 38.2 Å². The zero-order chi connectivity index (χ0) is 19.0. The maximum atomic E-state index is 13.0. The van der Waals surface area contributed by atoms with Crippen molar-refractivity contribution in [2.24, 2.45) is 16.1 Å². The van der Waals surface area contributed by atoms with Crippen LogP contribution < -0.4 is 0 Å². The molecule has 1 saturated heterocycles. The van der Waals surface area contributed by atoms with Crippen molar-refractivity contribution < 1.29 is 18.8 Å². The van der Waals surface area contributed by atoms with Gasteiger partial charge in [0.15, 0.2) is 6.04 Å². The van der Waals surface area contributed by atoms with Gasteiger partial charge in [-0.15, -0.1) is 5.11 Å². The normalized spacial score (nSPS) is 27.0. The average molecular weight is 370 g/mol. The molecule has 140 valence electrons. The fourth-order valence-corrected chi connectivity index (χ4v) is 3.61. The largest absolute Gasteiger partial charge is 0.339 e. The molecule has 3 aliphatic rings. The number of carbonyl (C=O) groups is 3. The maximum Gasteiger partial charge on any atom is 0.287 e. The van der Waals surface area contributed by atoms with E-state index in [1.54, 1.807) is 21.9 Å². The molecule has 8 heteroatoms. The van der Waals surface area contributed by atoms with Crippen molar-refractivity contribution in [1.82, 2.24) is 9.80 Å². The Hall–Kier alpha value is -2.90. The lowest BCUT2D eigenvalue weighted by Gasteiger charge is -2.35. The van der Waals surface area contributed by atoms with Crippen LogP contribution in [0.2, 0.25) is 0 Å². The number of rotatable bonds is 3. The molecule has 0 spiro atoms. The van der Waals surface area contributed by atoms with E-state index < -0.39 is 11.9 Å². The van der Waals surface area contributed by atoms with Crippen LogP contribution in [0.5, 0.6) is 0 Å². The van der Waals surface area contributed by atoms with Crippen LogP contribution in [0.25, 0.3) is 0 Å². The first-order valence-electron chi connectivity index (χ1n) is 8.99. The summed E-state index contributed by atoms with van der Waals surface area (Å²) in [6.45, 7) is 1.83. The Kier molecular flexibility index (Phi) is 4.55. The molecule has 0 N–H and O–H groups in total. The van der Waals surface area contributed by atoms with E-state index in [0.717, 1.165) is 12.0 Å². The van der Waals surface area contributed by atoms with Gasteiger partial charge in [-0.1, -0.05) is 12.1 Å². The molecule has 1 saturated carbocycles. The Morgan fingerprint density at radius 1 is 1.00 bits per heavy atom. The third-order valence-electron chi connectivity index (χ3n) is 5.26. The van der Waals surface area contributed by atoms with E-state index in [9.17, 15) is 18.8 Å². The van der Waals surface area contributed by atoms with Gasteiger partial charge in [-0.25, -0.2) is 4.39 Å². The van der Waals surface area contributed by atoms with Gasteiger partial charge in [0.2, 0.25) is 5.91 Å². The van der Waals surface area contributed by atoms with Gasteiger partial charge in [0.1, 0.15) is 5.82 Å². The van der Waals surface area contributed by atoms with Crippen LogP contribution in [0.3, 0.4) is 0 Å². The number of carbonyl (C=O) groups excluding carboxylic acids is 3. The van der Waals surface area contributed by atoms with Crippen LogP contribution in [0.1, 0.15) is 17.9 Å². The molecule has 0 aromatic heterocycles. The molecule has 1 aromatic rings. The maximum absolute atomic E-state index is 13.0. The topological polar surface area (TPSA) is 82.4 Å². The fraction of sp³-hybridized carbons (Fsp3) is 0.421. The SMILES string of the molecule is O=C1C=CC(C(=O)N2CCN(C(=O)C3CC3c3ccc(F)cc3)CC2)N=N1. The summed E-state index contributed by atoms with van der Waals surface area (Å²) in [6, 6.07) is 5.56. The molecule has 0 radical (unpaired) electrons. The van der Waals surface area contributed by atoms with E-state index in [4.69, 9.17) is 0 Å². The molecule has 3 amide bonds. The van der Waals surface area contributed by atoms with E-state index in [0.29, 0.717) is 26.2 Å². The summed E-state index contributed by atoms with van der Waals surface area (Å²) in [5.74, 6) is -0.749. The zero-order valence-corrected chi connectivity index (χ0v) is 14.6. The van der Waals surface area contributed by atoms with E-state index >= 15 is 0 Å². The highest BCUT2D eigenvalue weighted by Gasteiger charge is 2.46. The minimum absolute atomic E-state index is 0.0567. The van der Waals surface area contributed by atoms with Crippen LogP contribution >= 0.6 is 0 Å². The molecule has 4 rings (SSSR count).